The van der Waals surface area contributed by atoms with Crippen LogP contribution >= 0.6 is 0 Å². The molecule has 1 atom stereocenters. The third-order valence-corrected chi connectivity index (χ3v) is 3.37. The number of nitrogens with one attached hydrogen (secondary N) is 1. The molecule has 22 heavy (non-hydrogen) atoms. The van der Waals surface area contributed by atoms with Gasteiger partial charge in [-0.25, -0.2) is 0 Å². The zero-order valence-electron chi connectivity index (χ0n) is 12.9. The normalized spacial score (nSPS) is 11.8. The maximum atomic E-state index is 12.2. The van der Waals surface area contributed by atoms with Crippen molar-refractivity contribution in [2.75, 3.05) is 14.2 Å². The van der Waals surface area contributed by atoms with Crippen LogP contribution in [-0.4, -0.2) is 20.1 Å². The number of rotatable bonds is 6. The van der Waals surface area contributed by atoms with Crippen LogP contribution in [0.15, 0.2) is 34.9 Å². The largest absolute Gasteiger partial charge is 0.497 e. The Bertz CT molecular complexity index is 651. The molecule has 0 fully saturated rings. The lowest BCUT2D eigenvalue weighted by Gasteiger charge is -2.17. The molecular weight excluding hydrogens is 284 g/mol. The van der Waals surface area contributed by atoms with Crippen LogP contribution in [0.5, 0.6) is 11.5 Å². The molecule has 0 radical (unpaired) electrons. The maximum Gasteiger partial charge on any atom is 0.255 e. The summed E-state index contributed by atoms with van der Waals surface area (Å²) >= 11 is 0. The van der Waals surface area contributed by atoms with Gasteiger partial charge in [-0.05, 0) is 31.2 Å². The van der Waals surface area contributed by atoms with Gasteiger partial charge in [0.1, 0.15) is 23.5 Å². The van der Waals surface area contributed by atoms with E-state index in [9.17, 15) is 4.79 Å². The fraction of sp³-hybridized carbons (Fsp3) is 0.312. The second-order valence-corrected chi connectivity index (χ2v) is 4.81. The van der Waals surface area contributed by atoms with Gasteiger partial charge in [-0.15, -0.1) is 0 Å². The zero-order chi connectivity index (χ0) is 16.1. The van der Waals surface area contributed by atoms with Crippen molar-refractivity contribution >= 4 is 5.91 Å². The minimum Gasteiger partial charge on any atom is -0.497 e. The summed E-state index contributed by atoms with van der Waals surface area (Å²) in [5.41, 5.74) is 6.74. The Balaban J connectivity index is 2.17. The van der Waals surface area contributed by atoms with Crippen molar-refractivity contribution in [1.82, 2.24) is 5.32 Å². The van der Waals surface area contributed by atoms with Crippen LogP contribution in [-0.2, 0) is 6.54 Å². The Morgan fingerprint density at radius 2 is 2.09 bits per heavy atom. The monoisotopic (exact) mass is 304 g/mol. The van der Waals surface area contributed by atoms with Crippen LogP contribution in [0.1, 0.15) is 34.6 Å². The van der Waals surface area contributed by atoms with Gasteiger partial charge in [0.05, 0.1) is 32.4 Å². The summed E-state index contributed by atoms with van der Waals surface area (Å²) in [5.74, 6) is 1.71. The Morgan fingerprint density at radius 3 is 2.68 bits per heavy atom. The molecule has 118 valence electrons. The van der Waals surface area contributed by atoms with E-state index in [0.29, 0.717) is 22.8 Å². The fourth-order valence-electron chi connectivity index (χ4n) is 2.14. The molecule has 0 spiro atoms. The first-order chi connectivity index (χ1) is 10.6. The van der Waals surface area contributed by atoms with Crippen LogP contribution in [0.4, 0.5) is 0 Å². The Morgan fingerprint density at radius 1 is 1.32 bits per heavy atom. The molecule has 2 aromatic rings. The third-order valence-electron chi connectivity index (χ3n) is 3.37. The van der Waals surface area contributed by atoms with Crippen molar-refractivity contribution in [3.63, 3.8) is 0 Å². The van der Waals surface area contributed by atoms with Gasteiger partial charge < -0.3 is 24.9 Å². The molecule has 1 heterocycles. The van der Waals surface area contributed by atoms with E-state index < -0.39 is 0 Å². The lowest BCUT2D eigenvalue weighted by molar-refractivity contribution is 0.0939. The summed E-state index contributed by atoms with van der Waals surface area (Å²) in [6.07, 6.45) is 1.40. The van der Waals surface area contributed by atoms with Gasteiger partial charge in [0.15, 0.2) is 0 Å². The van der Waals surface area contributed by atoms with Crippen molar-refractivity contribution in [2.45, 2.75) is 19.5 Å². The third kappa shape index (κ3) is 3.40. The molecule has 2 rings (SSSR count). The molecule has 0 aliphatic rings. The number of methoxy groups -OCH3 is 2. The molecule has 0 saturated carbocycles. The molecule has 0 aliphatic carbocycles. The highest BCUT2D eigenvalue weighted by Crippen LogP contribution is 2.29. The summed E-state index contributed by atoms with van der Waals surface area (Å²) in [5, 5.41) is 2.90. The molecule has 1 amide bonds. The number of nitrogens with two attached hydrogens (primary N) is 1. The van der Waals surface area contributed by atoms with E-state index in [1.807, 2.05) is 13.0 Å². The predicted molar refractivity (Wildman–Crippen MR) is 82.0 cm³/mol. The number of furan rings is 1. The quantitative estimate of drug-likeness (QED) is 0.854. The van der Waals surface area contributed by atoms with Gasteiger partial charge >= 0.3 is 0 Å². The fourth-order valence-corrected chi connectivity index (χ4v) is 2.14. The highest BCUT2D eigenvalue weighted by molar-refractivity contribution is 5.94. The number of benzene rings is 1. The van der Waals surface area contributed by atoms with Crippen LogP contribution in [0.2, 0.25) is 0 Å². The first kappa shape index (κ1) is 15.9. The van der Waals surface area contributed by atoms with E-state index in [1.165, 1.54) is 6.26 Å². The van der Waals surface area contributed by atoms with E-state index in [2.05, 4.69) is 5.32 Å². The molecule has 0 saturated heterocycles. The second kappa shape index (κ2) is 7.00. The molecule has 0 bridgehead atoms. The molecule has 1 aromatic heterocycles. The number of carbonyl (C=O) groups excluding carboxylic acids is 1. The summed E-state index contributed by atoms with van der Waals surface area (Å²) in [6, 6.07) is 6.82. The van der Waals surface area contributed by atoms with Crippen molar-refractivity contribution in [2.24, 2.45) is 5.73 Å². The second-order valence-electron chi connectivity index (χ2n) is 4.81. The number of hydrogen-bond acceptors (Lipinski definition) is 5. The predicted octanol–water partition coefficient (Wildman–Crippen LogP) is 2.25. The Labute approximate surface area is 129 Å². The minimum atomic E-state index is -0.256. The van der Waals surface area contributed by atoms with Crippen LogP contribution in [0, 0.1) is 0 Å². The van der Waals surface area contributed by atoms with Gasteiger partial charge in [0, 0.05) is 5.56 Å². The summed E-state index contributed by atoms with van der Waals surface area (Å²) in [6.45, 7) is 2.13. The number of ether oxygens (including phenoxy) is 2. The minimum absolute atomic E-state index is 0.235. The zero-order valence-corrected chi connectivity index (χ0v) is 12.9. The maximum absolute atomic E-state index is 12.2. The topological polar surface area (TPSA) is 86.7 Å². The van der Waals surface area contributed by atoms with Gasteiger partial charge in [0.25, 0.3) is 5.91 Å². The SMILES string of the molecule is COc1ccc(OC)c(C(C)NC(=O)c2coc(CN)c2)c1. The Kier molecular flexibility index (Phi) is 5.06. The van der Waals surface area contributed by atoms with E-state index >= 15 is 0 Å². The lowest BCUT2D eigenvalue weighted by Crippen LogP contribution is -2.26. The van der Waals surface area contributed by atoms with Crippen LogP contribution in [0.3, 0.4) is 0 Å². The number of carbonyl (C=O) groups is 1. The molecule has 1 unspecified atom stereocenters. The van der Waals surface area contributed by atoms with Gasteiger partial charge in [-0.1, -0.05) is 0 Å². The van der Waals surface area contributed by atoms with Crippen molar-refractivity contribution < 1.29 is 18.7 Å². The Hall–Kier alpha value is -2.47. The standard InChI is InChI=1S/C16H20N2O4/c1-10(14-7-12(20-2)4-5-15(14)21-3)18-16(19)11-6-13(8-17)22-9-11/h4-7,9-10H,8,17H2,1-3H3,(H,18,19). The van der Waals surface area contributed by atoms with Crippen molar-refractivity contribution in [1.29, 1.82) is 0 Å². The molecule has 0 aliphatic heterocycles. The van der Waals surface area contributed by atoms with Gasteiger partial charge in [0.2, 0.25) is 0 Å². The average Bonchev–Trinajstić information content (AvgIpc) is 3.03. The van der Waals surface area contributed by atoms with Crippen LogP contribution in [0.25, 0.3) is 0 Å². The van der Waals surface area contributed by atoms with Crippen molar-refractivity contribution in [3.05, 3.63) is 47.4 Å². The van der Waals surface area contributed by atoms with Crippen LogP contribution < -0.4 is 20.5 Å². The van der Waals surface area contributed by atoms with E-state index in [4.69, 9.17) is 19.6 Å². The molecular formula is C16H20N2O4. The first-order valence-corrected chi connectivity index (χ1v) is 6.89. The van der Waals surface area contributed by atoms with E-state index in [1.54, 1.807) is 32.4 Å². The number of amides is 1. The summed E-state index contributed by atoms with van der Waals surface area (Å²) in [4.78, 5) is 12.2. The lowest BCUT2D eigenvalue weighted by atomic mass is 10.1. The average molecular weight is 304 g/mol. The number of hydrogen-bond donors (Lipinski definition) is 2. The first-order valence-electron chi connectivity index (χ1n) is 6.89. The smallest absolute Gasteiger partial charge is 0.255 e. The van der Waals surface area contributed by atoms with Crippen molar-refractivity contribution in [3.8, 4) is 11.5 Å². The van der Waals surface area contributed by atoms with Gasteiger partial charge in [-0.3, -0.25) is 4.79 Å². The molecule has 3 N–H and O–H groups in total. The van der Waals surface area contributed by atoms with E-state index in [-0.39, 0.29) is 18.5 Å². The molecule has 6 nitrogen and oxygen atoms in total. The summed E-state index contributed by atoms with van der Waals surface area (Å²) < 4.78 is 15.7. The highest BCUT2D eigenvalue weighted by Gasteiger charge is 2.17. The van der Waals surface area contributed by atoms with E-state index in [0.717, 1.165) is 5.56 Å². The van der Waals surface area contributed by atoms with Gasteiger partial charge in [-0.2, -0.15) is 0 Å². The molecule has 6 heteroatoms. The summed E-state index contributed by atoms with van der Waals surface area (Å²) in [7, 11) is 3.18. The molecule has 1 aromatic carbocycles. The highest BCUT2D eigenvalue weighted by atomic mass is 16.5.